The zero-order valence-electron chi connectivity index (χ0n) is 16.5. The number of hydrogen-bond donors (Lipinski definition) is 2. The second kappa shape index (κ2) is 8.57. The molecule has 0 unspecified atom stereocenters. The van der Waals surface area contributed by atoms with Gasteiger partial charge in [0.25, 0.3) is 5.56 Å². The van der Waals surface area contributed by atoms with Gasteiger partial charge in [0, 0.05) is 23.0 Å². The molecule has 0 saturated heterocycles. The van der Waals surface area contributed by atoms with Gasteiger partial charge in [-0.05, 0) is 30.2 Å². The molecule has 0 spiro atoms. The normalized spacial score (nSPS) is 10.7. The van der Waals surface area contributed by atoms with E-state index in [1.54, 1.807) is 6.92 Å². The van der Waals surface area contributed by atoms with E-state index in [1.807, 2.05) is 84.9 Å². The minimum atomic E-state index is -0.437. The van der Waals surface area contributed by atoms with Crippen LogP contribution in [0.15, 0.2) is 95.8 Å². The van der Waals surface area contributed by atoms with Gasteiger partial charge in [-0.15, -0.1) is 0 Å². The average Bonchev–Trinajstić information content (AvgIpc) is 2.75. The zero-order valence-corrected chi connectivity index (χ0v) is 16.5. The predicted molar refractivity (Wildman–Crippen MR) is 118 cm³/mol. The molecule has 30 heavy (non-hydrogen) atoms. The first-order valence-corrected chi connectivity index (χ1v) is 9.69. The number of amides is 1. The first kappa shape index (κ1) is 19.3. The van der Waals surface area contributed by atoms with Crippen LogP contribution >= 0.6 is 0 Å². The van der Waals surface area contributed by atoms with E-state index in [-0.39, 0.29) is 11.5 Å². The molecule has 0 aliphatic heterocycles. The van der Waals surface area contributed by atoms with Crippen molar-refractivity contribution in [1.82, 2.24) is 9.97 Å². The number of benzene rings is 3. The Balaban J connectivity index is 1.66. The third kappa shape index (κ3) is 4.36. The molecular formula is C25H21N3O2. The average molecular weight is 395 g/mol. The Morgan fingerprint density at radius 1 is 0.867 bits per heavy atom. The molecule has 3 aromatic carbocycles. The lowest BCUT2D eigenvalue weighted by atomic mass is 9.90. The number of hydrogen-bond acceptors (Lipinski definition) is 3. The number of aromatic amines is 1. The van der Waals surface area contributed by atoms with E-state index < -0.39 is 5.92 Å². The van der Waals surface area contributed by atoms with Crippen LogP contribution in [0.4, 0.5) is 5.69 Å². The highest BCUT2D eigenvalue weighted by molar-refractivity contribution is 5.98. The molecule has 0 saturated carbocycles. The van der Waals surface area contributed by atoms with Crippen molar-refractivity contribution in [1.29, 1.82) is 0 Å². The van der Waals surface area contributed by atoms with Gasteiger partial charge < -0.3 is 10.3 Å². The number of carbonyl (C=O) groups excluding carboxylic acids is 1. The van der Waals surface area contributed by atoms with Crippen molar-refractivity contribution in [3.8, 4) is 11.4 Å². The van der Waals surface area contributed by atoms with Crippen molar-refractivity contribution >= 4 is 11.6 Å². The lowest BCUT2D eigenvalue weighted by molar-refractivity contribution is -0.116. The highest BCUT2D eigenvalue weighted by Gasteiger charge is 2.22. The van der Waals surface area contributed by atoms with E-state index in [1.165, 1.54) is 6.07 Å². The Bertz CT molecular complexity index is 1180. The molecule has 4 rings (SSSR count). The summed E-state index contributed by atoms with van der Waals surface area (Å²) in [4.78, 5) is 32.2. The van der Waals surface area contributed by atoms with E-state index in [0.29, 0.717) is 17.2 Å². The Morgan fingerprint density at radius 3 is 2.10 bits per heavy atom. The van der Waals surface area contributed by atoms with Crippen molar-refractivity contribution in [3.05, 3.63) is 118 Å². The molecule has 0 bridgehead atoms. The van der Waals surface area contributed by atoms with Crippen LogP contribution in [0.1, 0.15) is 22.7 Å². The Kier molecular flexibility index (Phi) is 5.52. The summed E-state index contributed by atoms with van der Waals surface area (Å²) in [5.41, 5.74) is 3.63. The summed E-state index contributed by atoms with van der Waals surface area (Å²) in [7, 11) is 0. The van der Waals surface area contributed by atoms with Gasteiger partial charge in [0.1, 0.15) is 5.82 Å². The number of rotatable bonds is 5. The summed E-state index contributed by atoms with van der Waals surface area (Å²) >= 11 is 0. The van der Waals surface area contributed by atoms with Gasteiger partial charge in [-0.1, -0.05) is 72.8 Å². The molecule has 1 aromatic heterocycles. The maximum atomic E-state index is 13.3. The van der Waals surface area contributed by atoms with Crippen molar-refractivity contribution in [3.63, 3.8) is 0 Å². The van der Waals surface area contributed by atoms with Crippen LogP contribution in [-0.2, 0) is 4.79 Å². The molecule has 5 heteroatoms. The predicted octanol–water partition coefficient (Wildman–Crippen LogP) is 4.52. The van der Waals surface area contributed by atoms with E-state index in [2.05, 4.69) is 15.3 Å². The molecule has 5 nitrogen and oxygen atoms in total. The second-order valence-corrected chi connectivity index (χ2v) is 7.06. The number of carbonyl (C=O) groups is 1. The smallest absolute Gasteiger partial charge is 0.251 e. The fourth-order valence-corrected chi connectivity index (χ4v) is 3.46. The van der Waals surface area contributed by atoms with Gasteiger partial charge in [0.15, 0.2) is 0 Å². The lowest BCUT2D eigenvalue weighted by Gasteiger charge is -2.18. The standard InChI is InChI=1S/C25H21N3O2/c1-17-15-22(29)28-24(26-17)20-13-8-14-21(16-20)27-25(30)23(18-9-4-2-5-10-18)19-11-6-3-7-12-19/h2-16,23H,1H3,(H,27,30)(H,26,28,29). The fourth-order valence-electron chi connectivity index (χ4n) is 3.46. The quantitative estimate of drug-likeness (QED) is 0.522. The molecule has 0 atom stereocenters. The van der Waals surface area contributed by atoms with Crippen molar-refractivity contribution in [2.75, 3.05) is 5.32 Å². The summed E-state index contributed by atoms with van der Waals surface area (Å²) in [5, 5.41) is 3.02. The summed E-state index contributed by atoms with van der Waals surface area (Å²) < 4.78 is 0. The van der Waals surface area contributed by atoms with Crippen LogP contribution in [0.3, 0.4) is 0 Å². The Morgan fingerprint density at radius 2 is 1.50 bits per heavy atom. The van der Waals surface area contributed by atoms with Gasteiger partial charge in [0.05, 0.1) is 5.92 Å². The topological polar surface area (TPSA) is 74.8 Å². The van der Waals surface area contributed by atoms with Crippen LogP contribution < -0.4 is 10.9 Å². The van der Waals surface area contributed by atoms with E-state index in [9.17, 15) is 9.59 Å². The number of aromatic nitrogens is 2. The largest absolute Gasteiger partial charge is 0.325 e. The molecule has 0 aliphatic carbocycles. The van der Waals surface area contributed by atoms with Crippen molar-refractivity contribution in [2.24, 2.45) is 0 Å². The maximum absolute atomic E-state index is 13.3. The summed E-state index contributed by atoms with van der Waals surface area (Å²) in [6, 6.07) is 28.1. The first-order valence-electron chi connectivity index (χ1n) is 9.69. The summed E-state index contributed by atoms with van der Waals surface area (Å²) in [6.45, 7) is 1.77. The number of anilines is 1. The third-order valence-electron chi connectivity index (χ3n) is 4.80. The van der Waals surface area contributed by atoms with Crippen LogP contribution in [0, 0.1) is 6.92 Å². The molecule has 1 heterocycles. The van der Waals surface area contributed by atoms with Crippen molar-refractivity contribution in [2.45, 2.75) is 12.8 Å². The highest BCUT2D eigenvalue weighted by atomic mass is 16.2. The molecule has 0 radical (unpaired) electrons. The molecule has 0 aliphatic rings. The number of nitrogens with zero attached hydrogens (tertiary/aromatic N) is 1. The minimum absolute atomic E-state index is 0.129. The first-order chi connectivity index (χ1) is 14.6. The number of H-pyrrole nitrogens is 1. The van der Waals surface area contributed by atoms with Gasteiger partial charge >= 0.3 is 0 Å². The fraction of sp³-hybridized carbons (Fsp3) is 0.0800. The van der Waals surface area contributed by atoms with E-state index in [0.717, 1.165) is 16.7 Å². The molecule has 2 N–H and O–H groups in total. The minimum Gasteiger partial charge on any atom is -0.325 e. The summed E-state index contributed by atoms with van der Waals surface area (Å²) in [6.07, 6.45) is 0. The SMILES string of the molecule is Cc1cc(=O)[nH]c(-c2cccc(NC(=O)C(c3ccccc3)c3ccccc3)c2)n1. The van der Waals surface area contributed by atoms with Gasteiger partial charge in [-0.3, -0.25) is 9.59 Å². The third-order valence-corrected chi connectivity index (χ3v) is 4.80. The molecule has 148 valence electrons. The number of nitrogens with one attached hydrogen (secondary N) is 2. The van der Waals surface area contributed by atoms with Gasteiger partial charge in [-0.2, -0.15) is 0 Å². The molecule has 4 aromatic rings. The van der Waals surface area contributed by atoms with E-state index >= 15 is 0 Å². The van der Waals surface area contributed by atoms with Gasteiger partial charge in [-0.25, -0.2) is 4.98 Å². The van der Waals surface area contributed by atoms with Crippen LogP contribution in [-0.4, -0.2) is 15.9 Å². The van der Waals surface area contributed by atoms with Crippen LogP contribution in [0.25, 0.3) is 11.4 Å². The van der Waals surface area contributed by atoms with Crippen molar-refractivity contribution < 1.29 is 4.79 Å². The van der Waals surface area contributed by atoms with E-state index in [4.69, 9.17) is 0 Å². The second-order valence-electron chi connectivity index (χ2n) is 7.06. The summed E-state index contributed by atoms with van der Waals surface area (Å²) in [5.74, 6) is -0.0954. The molecule has 1 amide bonds. The zero-order chi connectivity index (χ0) is 20.9. The monoisotopic (exact) mass is 395 g/mol. The van der Waals surface area contributed by atoms with Gasteiger partial charge in [0.2, 0.25) is 5.91 Å². The van der Waals surface area contributed by atoms with Crippen LogP contribution in [0.2, 0.25) is 0 Å². The Hall–Kier alpha value is -3.99. The number of aryl methyl sites for hydroxylation is 1. The van der Waals surface area contributed by atoms with Crippen LogP contribution in [0.5, 0.6) is 0 Å². The lowest BCUT2D eigenvalue weighted by Crippen LogP contribution is -2.22. The Labute approximate surface area is 174 Å². The highest BCUT2D eigenvalue weighted by Crippen LogP contribution is 2.27. The molecular weight excluding hydrogens is 374 g/mol. The maximum Gasteiger partial charge on any atom is 0.251 e. The molecule has 0 fully saturated rings.